The summed E-state index contributed by atoms with van der Waals surface area (Å²) in [6.07, 6.45) is 1.68. The van der Waals surface area contributed by atoms with Gasteiger partial charge in [0, 0.05) is 5.56 Å². The van der Waals surface area contributed by atoms with Gasteiger partial charge in [-0.25, -0.2) is 4.79 Å². The van der Waals surface area contributed by atoms with Gasteiger partial charge in [-0.15, -0.1) is 0 Å². The van der Waals surface area contributed by atoms with E-state index in [1.165, 1.54) is 4.90 Å². The minimum Gasteiger partial charge on any atom is -0.487 e. The molecule has 1 saturated heterocycles. The number of carbonyl (C=O) groups is 2. The minimum atomic E-state index is -0.433. The number of amides is 3. The van der Waals surface area contributed by atoms with Crippen LogP contribution in [0.15, 0.2) is 66.4 Å². The molecule has 4 rings (SSSR count). The summed E-state index contributed by atoms with van der Waals surface area (Å²) in [4.78, 5) is 26.5. The van der Waals surface area contributed by atoms with Crippen LogP contribution in [0.2, 0.25) is 0 Å². The van der Waals surface area contributed by atoms with Crippen molar-refractivity contribution in [1.82, 2.24) is 10.2 Å². The Morgan fingerprint density at radius 1 is 1.06 bits per heavy atom. The Hall–Kier alpha value is -2.91. The molecular weight excluding hydrogens is 656 g/mol. The van der Waals surface area contributed by atoms with E-state index < -0.39 is 6.03 Å². The second-order valence-corrected chi connectivity index (χ2v) is 10.1. The summed E-state index contributed by atoms with van der Waals surface area (Å²) in [5.41, 5.74) is 4.42. The van der Waals surface area contributed by atoms with Gasteiger partial charge < -0.3 is 10.1 Å². The molecule has 1 fully saturated rings. The van der Waals surface area contributed by atoms with Crippen LogP contribution in [0, 0.1) is 25.4 Å². The molecule has 0 bridgehead atoms. The van der Waals surface area contributed by atoms with Gasteiger partial charge >= 0.3 is 6.03 Å². The van der Waals surface area contributed by atoms with Gasteiger partial charge in [-0.05, 0) is 87.5 Å². The number of hydrogen-bond donors (Lipinski definition) is 1. The molecule has 3 amide bonds. The Kier molecular flexibility index (Phi) is 7.53. The molecule has 1 heterocycles. The quantitative estimate of drug-likeness (QED) is 0.205. The van der Waals surface area contributed by atoms with E-state index in [2.05, 4.69) is 56.6 Å². The highest BCUT2D eigenvalue weighted by Gasteiger charge is 2.33. The number of ether oxygens (including phenoxy) is 1. The number of nitrogens with zero attached hydrogens (tertiary/aromatic N) is 2. The van der Waals surface area contributed by atoms with Crippen molar-refractivity contribution in [3.63, 3.8) is 0 Å². The molecule has 1 aliphatic heterocycles. The van der Waals surface area contributed by atoms with E-state index in [9.17, 15) is 14.9 Å². The number of benzene rings is 3. The highest BCUT2D eigenvalue weighted by molar-refractivity contribution is 14.1. The normalized spacial score (nSPS) is 14.3. The first-order valence-corrected chi connectivity index (χ1v) is 12.5. The molecule has 0 unspecified atom stereocenters. The van der Waals surface area contributed by atoms with Crippen molar-refractivity contribution in [1.29, 1.82) is 5.26 Å². The lowest BCUT2D eigenvalue weighted by Crippen LogP contribution is -2.30. The van der Waals surface area contributed by atoms with Gasteiger partial charge in [0.15, 0.2) is 0 Å². The zero-order chi connectivity index (χ0) is 24.2. The summed E-state index contributed by atoms with van der Waals surface area (Å²) in [7, 11) is 0. The summed E-state index contributed by atoms with van der Waals surface area (Å²) < 4.78 is 7.74. The first-order chi connectivity index (χ1) is 16.4. The van der Waals surface area contributed by atoms with E-state index in [0.717, 1.165) is 29.4 Å². The zero-order valence-corrected chi connectivity index (χ0v) is 22.5. The van der Waals surface area contributed by atoms with Crippen LogP contribution < -0.4 is 10.1 Å². The van der Waals surface area contributed by atoms with Crippen molar-refractivity contribution in [3.8, 4) is 11.8 Å². The molecular formula is C26H19I2N3O3. The molecule has 6 nitrogen and oxygen atoms in total. The molecule has 170 valence electrons. The third-order valence-corrected chi connectivity index (χ3v) is 6.87. The Labute approximate surface area is 224 Å². The summed E-state index contributed by atoms with van der Waals surface area (Å²) in [6.45, 7) is 2.48. The van der Waals surface area contributed by atoms with Gasteiger partial charge in [0.25, 0.3) is 5.91 Å². The number of nitrogens with one attached hydrogen (secondary N) is 1. The highest BCUT2D eigenvalue weighted by atomic mass is 127. The number of imide groups is 1. The lowest BCUT2D eigenvalue weighted by atomic mass is 10.1. The van der Waals surface area contributed by atoms with Gasteiger partial charge in [-0.1, -0.05) is 48.0 Å². The fraction of sp³-hybridized carbons (Fsp3) is 0.115. The third-order valence-electron chi connectivity index (χ3n) is 5.27. The number of carbonyl (C=O) groups excluding carboxylic acids is 2. The lowest BCUT2D eigenvalue weighted by Gasteiger charge is -2.13. The zero-order valence-electron chi connectivity index (χ0n) is 18.1. The number of aryl methyl sites for hydroxylation is 1. The minimum absolute atomic E-state index is 0.217. The van der Waals surface area contributed by atoms with E-state index in [-0.39, 0.29) is 24.8 Å². The summed E-state index contributed by atoms with van der Waals surface area (Å²) in [5.74, 6) is 0.350. The molecule has 0 saturated carbocycles. The number of urea groups is 1. The molecule has 1 N–H and O–H groups in total. The van der Waals surface area contributed by atoms with Crippen LogP contribution in [-0.4, -0.2) is 16.8 Å². The van der Waals surface area contributed by atoms with Crippen molar-refractivity contribution in [2.75, 3.05) is 0 Å². The monoisotopic (exact) mass is 675 g/mol. The van der Waals surface area contributed by atoms with Gasteiger partial charge in [0.05, 0.1) is 25.3 Å². The Morgan fingerprint density at radius 3 is 2.41 bits per heavy atom. The Bertz CT molecular complexity index is 1320. The molecule has 0 spiro atoms. The Balaban J connectivity index is 1.51. The van der Waals surface area contributed by atoms with Gasteiger partial charge in [0.2, 0.25) is 0 Å². The van der Waals surface area contributed by atoms with Crippen LogP contribution in [0.4, 0.5) is 4.79 Å². The average molecular weight is 675 g/mol. The van der Waals surface area contributed by atoms with E-state index in [0.29, 0.717) is 11.3 Å². The molecule has 3 aromatic carbocycles. The first-order valence-electron chi connectivity index (χ1n) is 10.4. The molecule has 0 radical (unpaired) electrons. The van der Waals surface area contributed by atoms with E-state index in [4.69, 9.17) is 4.74 Å². The fourth-order valence-corrected chi connectivity index (χ4v) is 5.59. The van der Waals surface area contributed by atoms with Crippen molar-refractivity contribution >= 4 is 63.2 Å². The Morgan fingerprint density at radius 2 is 1.74 bits per heavy atom. The van der Waals surface area contributed by atoms with Gasteiger partial charge in [-0.2, -0.15) is 5.26 Å². The standard InChI is InChI=1S/C26H19I2N3O3/c1-16-6-8-17(9-7-16)14-31-25(32)23(30-26(31)33)12-18-10-21(27)24(22(28)11-18)34-15-20-5-3-2-4-19(20)13-29/h2-12H,14-15H2,1H3,(H,30,33)/b23-12+. The molecule has 34 heavy (non-hydrogen) atoms. The first kappa shape index (κ1) is 24.2. The molecule has 1 aliphatic rings. The average Bonchev–Trinajstić information content (AvgIpc) is 3.07. The van der Waals surface area contributed by atoms with Crippen molar-refractivity contribution in [2.45, 2.75) is 20.1 Å². The van der Waals surface area contributed by atoms with Crippen molar-refractivity contribution in [2.24, 2.45) is 0 Å². The van der Waals surface area contributed by atoms with E-state index in [1.54, 1.807) is 12.1 Å². The van der Waals surface area contributed by atoms with Crippen LogP contribution in [0.5, 0.6) is 5.75 Å². The third kappa shape index (κ3) is 5.42. The molecule has 0 atom stereocenters. The second-order valence-electron chi connectivity index (χ2n) is 7.74. The number of nitriles is 1. The van der Waals surface area contributed by atoms with E-state index >= 15 is 0 Å². The predicted octanol–water partition coefficient (Wildman–Crippen LogP) is 5.75. The summed E-state index contributed by atoms with van der Waals surface area (Å²) >= 11 is 4.37. The molecule has 0 aromatic heterocycles. The maximum atomic E-state index is 12.9. The second kappa shape index (κ2) is 10.6. The molecule has 0 aliphatic carbocycles. The number of halogens is 2. The van der Waals surface area contributed by atoms with Gasteiger partial charge in [-0.3, -0.25) is 9.69 Å². The topological polar surface area (TPSA) is 82.4 Å². The van der Waals surface area contributed by atoms with Crippen LogP contribution in [0.1, 0.15) is 27.8 Å². The summed E-state index contributed by atoms with van der Waals surface area (Å²) in [6, 6.07) is 20.6. The van der Waals surface area contributed by atoms with Gasteiger partial charge in [0.1, 0.15) is 18.1 Å². The van der Waals surface area contributed by atoms with Crippen LogP contribution in [0.3, 0.4) is 0 Å². The molecule has 3 aromatic rings. The predicted molar refractivity (Wildman–Crippen MR) is 146 cm³/mol. The van der Waals surface area contributed by atoms with Crippen LogP contribution >= 0.6 is 45.2 Å². The van der Waals surface area contributed by atoms with Crippen LogP contribution in [-0.2, 0) is 17.9 Å². The summed E-state index contributed by atoms with van der Waals surface area (Å²) in [5, 5.41) is 12.0. The maximum Gasteiger partial charge on any atom is 0.329 e. The number of rotatable bonds is 6. The highest BCUT2D eigenvalue weighted by Crippen LogP contribution is 2.31. The maximum absolute atomic E-state index is 12.9. The fourth-order valence-electron chi connectivity index (χ4n) is 3.46. The smallest absolute Gasteiger partial charge is 0.329 e. The number of hydrogen-bond acceptors (Lipinski definition) is 4. The van der Waals surface area contributed by atoms with E-state index in [1.807, 2.05) is 61.5 Å². The molecule has 8 heteroatoms. The lowest BCUT2D eigenvalue weighted by molar-refractivity contribution is -0.123. The SMILES string of the molecule is Cc1ccc(CN2C(=O)N/C(=C/c3cc(I)c(OCc4ccccc4C#N)c(I)c3)C2=O)cc1. The van der Waals surface area contributed by atoms with Crippen molar-refractivity contribution < 1.29 is 14.3 Å². The van der Waals surface area contributed by atoms with Crippen LogP contribution in [0.25, 0.3) is 6.08 Å². The largest absolute Gasteiger partial charge is 0.487 e. The van der Waals surface area contributed by atoms with Crippen molar-refractivity contribution in [3.05, 3.63) is 101 Å².